The van der Waals surface area contributed by atoms with Crippen molar-refractivity contribution in [2.75, 3.05) is 47.9 Å². The molecule has 0 unspecified atom stereocenters. The summed E-state index contributed by atoms with van der Waals surface area (Å²) < 4.78 is 4.95. The molecule has 146 valence electrons. The third kappa shape index (κ3) is 4.03. The van der Waals surface area contributed by atoms with Gasteiger partial charge in [-0.3, -0.25) is 4.90 Å². The molecular weight excluding hydrogens is 356 g/mol. The molecule has 0 spiro atoms. The van der Waals surface area contributed by atoms with Crippen LogP contribution in [0.4, 0.5) is 26.7 Å². The summed E-state index contributed by atoms with van der Waals surface area (Å²) in [4.78, 5) is 27.8. The van der Waals surface area contributed by atoms with Crippen LogP contribution in [-0.4, -0.2) is 44.9 Å². The van der Waals surface area contributed by atoms with Crippen molar-refractivity contribution in [3.8, 4) is 0 Å². The zero-order valence-corrected chi connectivity index (χ0v) is 15.7. The largest absolute Gasteiger partial charge is 0.447 e. The summed E-state index contributed by atoms with van der Waals surface area (Å²) in [5.74, 6) is 0. The van der Waals surface area contributed by atoms with E-state index in [0.29, 0.717) is 31.1 Å². The van der Waals surface area contributed by atoms with E-state index in [0.717, 1.165) is 25.9 Å². The van der Waals surface area contributed by atoms with E-state index < -0.39 is 0 Å². The van der Waals surface area contributed by atoms with E-state index in [9.17, 15) is 9.59 Å². The van der Waals surface area contributed by atoms with Gasteiger partial charge in [0.15, 0.2) is 0 Å². The quantitative estimate of drug-likeness (QED) is 0.755. The molecule has 1 saturated heterocycles. The third-order valence-corrected chi connectivity index (χ3v) is 5.05. The second-order valence-electron chi connectivity index (χ2n) is 6.92. The van der Waals surface area contributed by atoms with Crippen molar-refractivity contribution in [1.82, 2.24) is 5.32 Å². The predicted molar refractivity (Wildman–Crippen MR) is 109 cm³/mol. The molecule has 0 aliphatic carbocycles. The van der Waals surface area contributed by atoms with Gasteiger partial charge in [-0.15, -0.1) is 0 Å². The Morgan fingerprint density at radius 3 is 2.86 bits per heavy atom. The van der Waals surface area contributed by atoms with Crippen LogP contribution in [0, 0.1) is 0 Å². The lowest BCUT2D eigenvalue weighted by molar-refractivity contribution is 0.181. The summed E-state index contributed by atoms with van der Waals surface area (Å²) in [7, 11) is 0. The van der Waals surface area contributed by atoms with E-state index in [1.54, 1.807) is 23.1 Å². The smallest absolute Gasteiger partial charge is 0.414 e. The van der Waals surface area contributed by atoms with Crippen molar-refractivity contribution in [2.24, 2.45) is 0 Å². The number of benzene rings is 2. The number of fused-ring (bicyclic) bond motifs is 1. The molecule has 2 aliphatic rings. The predicted octanol–water partition coefficient (Wildman–Crippen LogP) is 3.22. The SMILES string of the molecule is O=C(NCCCN1CCc2ccccc21)Nc1cccc(N2CCOC2=O)c1. The summed E-state index contributed by atoms with van der Waals surface area (Å²) >= 11 is 0. The summed E-state index contributed by atoms with van der Waals surface area (Å²) in [5.41, 5.74) is 4.07. The minimum Gasteiger partial charge on any atom is -0.447 e. The fraction of sp³-hybridized carbons (Fsp3) is 0.333. The first-order chi connectivity index (χ1) is 13.7. The maximum atomic E-state index is 12.2. The molecule has 28 heavy (non-hydrogen) atoms. The van der Waals surface area contributed by atoms with E-state index in [1.807, 2.05) is 6.07 Å². The van der Waals surface area contributed by atoms with E-state index in [1.165, 1.54) is 11.3 Å². The van der Waals surface area contributed by atoms with Crippen LogP contribution in [0.15, 0.2) is 48.5 Å². The second-order valence-corrected chi connectivity index (χ2v) is 6.92. The van der Waals surface area contributed by atoms with Crippen molar-refractivity contribution in [1.29, 1.82) is 0 Å². The van der Waals surface area contributed by atoms with Gasteiger partial charge in [0.1, 0.15) is 6.61 Å². The van der Waals surface area contributed by atoms with E-state index in [-0.39, 0.29) is 12.1 Å². The number of ether oxygens (including phenoxy) is 1. The molecule has 7 nitrogen and oxygen atoms in total. The molecule has 7 heteroatoms. The van der Waals surface area contributed by atoms with Gasteiger partial charge in [-0.05, 0) is 42.7 Å². The van der Waals surface area contributed by atoms with Crippen molar-refractivity contribution < 1.29 is 14.3 Å². The van der Waals surface area contributed by atoms with Gasteiger partial charge < -0.3 is 20.3 Å². The molecule has 2 aromatic carbocycles. The number of urea groups is 1. The number of nitrogens with one attached hydrogen (secondary N) is 2. The van der Waals surface area contributed by atoms with Gasteiger partial charge in [0, 0.05) is 36.7 Å². The first kappa shape index (κ1) is 18.2. The molecule has 0 saturated carbocycles. The van der Waals surface area contributed by atoms with Crippen LogP contribution in [0.1, 0.15) is 12.0 Å². The number of para-hydroxylation sites is 1. The number of hydrogen-bond acceptors (Lipinski definition) is 4. The highest BCUT2D eigenvalue weighted by atomic mass is 16.6. The molecule has 0 aromatic heterocycles. The molecule has 0 bridgehead atoms. The Hall–Kier alpha value is -3.22. The number of rotatable bonds is 6. The number of anilines is 3. The molecule has 0 atom stereocenters. The van der Waals surface area contributed by atoms with Crippen molar-refractivity contribution >= 4 is 29.2 Å². The maximum absolute atomic E-state index is 12.2. The summed E-state index contributed by atoms with van der Waals surface area (Å²) in [6, 6.07) is 15.4. The van der Waals surface area contributed by atoms with Crippen LogP contribution in [0.5, 0.6) is 0 Å². The number of amides is 3. The molecule has 0 radical (unpaired) electrons. The van der Waals surface area contributed by atoms with Gasteiger partial charge in [-0.25, -0.2) is 9.59 Å². The highest BCUT2D eigenvalue weighted by Gasteiger charge is 2.23. The summed E-state index contributed by atoms with van der Waals surface area (Å²) in [5, 5.41) is 5.72. The first-order valence-corrected chi connectivity index (χ1v) is 9.63. The van der Waals surface area contributed by atoms with Gasteiger partial charge in [0.25, 0.3) is 0 Å². The van der Waals surface area contributed by atoms with Crippen LogP contribution in [0.25, 0.3) is 0 Å². The topological polar surface area (TPSA) is 73.9 Å². The monoisotopic (exact) mass is 380 g/mol. The lowest BCUT2D eigenvalue weighted by atomic mass is 10.2. The molecule has 2 aromatic rings. The average Bonchev–Trinajstić information content (AvgIpc) is 3.32. The summed E-state index contributed by atoms with van der Waals surface area (Å²) in [6.45, 7) is 3.47. The Balaban J connectivity index is 1.23. The molecule has 2 aliphatic heterocycles. The molecule has 3 amide bonds. The fourth-order valence-corrected chi connectivity index (χ4v) is 3.67. The Bertz CT molecular complexity index is 870. The van der Waals surface area contributed by atoms with Gasteiger partial charge in [-0.1, -0.05) is 24.3 Å². The van der Waals surface area contributed by atoms with Crippen LogP contribution in [-0.2, 0) is 11.2 Å². The maximum Gasteiger partial charge on any atom is 0.414 e. The number of hydrogen-bond donors (Lipinski definition) is 2. The Kier molecular flexibility index (Phi) is 5.32. The Labute approximate surface area is 164 Å². The minimum absolute atomic E-state index is 0.247. The lowest BCUT2D eigenvalue weighted by Crippen LogP contribution is -2.32. The highest BCUT2D eigenvalue weighted by Crippen LogP contribution is 2.27. The van der Waals surface area contributed by atoms with Gasteiger partial charge in [-0.2, -0.15) is 0 Å². The van der Waals surface area contributed by atoms with Crippen LogP contribution in [0.3, 0.4) is 0 Å². The van der Waals surface area contributed by atoms with Crippen LogP contribution < -0.4 is 20.4 Å². The normalized spacial score (nSPS) is 15.4. The van der Waals surface area contributed by atoms with Gasteiger partial charge in [0.2, 0.25) is 0 Å². The third-order valence-electron chi connectivity index (χ3n) is 5.05. The zero-order valence-electron chi connectivity index (χ0n) is 15.7. The van der Waals surface area contributed by atoms with Crippen LogP contribution in [0.2, 0.25) is 0 Å². The number of cyclic esters (lactones) is 1. The number of carbonyl (C=O) groups is 2. The van der Waals surface area contributed by atoms with Crippen molar-refractivity contribution in [3.05, 3.63) is 54.1 Å². The van der Waals surface area contributed by atoms with E-state index >= 15 is 0 Å². The van der Waals surface area contributed by atoms with Crippen molar-refractivity contribution in [2.45, 2.75) is 12.8 Å². The number of nitrogens with zero attached hydrogens (tertiary/aromatic N) is 2. The molecule has 1 fully saturated rings. The van der Waals surface area contributed by atoms with Crippen molar-refractivity contribution in [3.63, 3.8) is 0 Å². The van der Waals surface area contributed by atoms with Crippen LogP contribution >= 0.6 is 0 Å². The highest BCUT2D eigenvalue weighted by molar-refractivity contribution is 5.93. The fourth-order valence-electron chi connectivity index (χ4n) is 3.67. The summed E-state index contributed by atoms with van der Waals surface area (Å²) in [6.07, 6.45) is 1.61. The van der Waals surface area contributed by atoms with Gasteiger partial charge >= 0.3 is 12.1 Å². The van der Waals surface area contributed by atoms with E-state index in [2.05, 4.69) is 39.8 Å². The lowest BCUT2D eigenvalue weighted by Gasteiger charge is -2.19. The van der Waals surface area contributed by atoms with E-state index in [4.69, 9.17) is 4.74 Å². The molecule has 2 N–H and O–H groups in total. The minimum atomic E-state index is -0.356. The molecule has 4 rings (SSSR count). The Morgan fingerprint density at radius 1 is 1.11 bits per heavy atom. The molecule has 2 heterocycles. The zero-order chi connectivity index (χ0) is 19.3. The standard InChI is InChI=1S/C21H24N4O3/c26-20(22-10-4-11-24-12-9-16-5-1-2-8-19(16)24)23-17-6-3-7-18(15-17)25-13-14-28-21(25)27/h1-3,5-8,15H,4,9-14H2,(H2,22,23,26). The van der Waals surface area contributed by atoms with Gasteiger partial charge in [0.05, 0.1) is 6.54 Å². The first-order valence-electron chi connectivity index (χ1n) is 9.63. The Morgan fingerprint density at radius 2 is 2.00 bits per heavy atom. The average molecular weight is 380 g/mol. The molecular formula is C21H24N4O3. The second kappa shape index (κ2) is 8.21. The number of carbonyl (C=O) groups excluding carboxylic acids is 2.